The Bertz CT molecular complexity index is 1180. The lowest BCUT2D eigenvalue weighted by molar-refractivity contribution is -0.114. The van der Waals surface area contributed by atoms with E-state index in [2.05, 4.69) is 20.6 Å². The minimum Gasteiger partial charge on any atom is -0.309 e. The SMILES string of the molecule is CC(=O)Nc1nn(C2CCC2)cc1-c1nc(-c2cnn(C)c2)cn2nccc12. The summed E-state index contributed by atoms with van der Waals surface area (Å²) in [7, 11) is 1.87. The fraction of sp³-hybridized carbons (Fsp3) is 0.316. The van der Waals surface area contributed by atoms with E-state index in [9.17, 15) is 4.79 Å². The average molecular weight is 376 g/mol. The van der Waals surface area contributed by atoms with Gasteiger partial charge in [0.25, 0.3) is 0 Å². The number of aryl methyl sites for hydroxylation is 1. The topological polar surface area (TPSA) is 94.9 Å². The molecular weight excluding hydrogens is 356 g/mol. The van der Waals surface area contributed by atoms with Gasteiger partial charge >= 0.3 is 0 Å². The van der Waals surface area contributed by atoms with Crippen LogP contribution in [-0.4, -0.2) is 40.1 Å². The van der Waals surface area contributed by atoms with Gasteiger partial charge in [-0.2, -0.15) is 15.3 Å². The van der Waals surface area contributed by atoms with E-state index in [1.54, 1.807) is 21.6 Å². The van der Waals surface area contributed by atoms with Crippen molar-refractivity contribution >= 4 is 17.2 Å². The molecule has 0 unspecified atom stereocenters. The van der Waals surface area contributed by atoms with Gasteiger partial charge < -0.3 is 5.32 Å². The molecule has 1 amide bonds. The highest BCUT2D eigenvalue weighted by Crippen LogP contribution is 2.36. The van der Waals surface area contributed by atoms with Crippen LogP contribution >= 0.6 is 0 Å². The van der Waals surface area contributed by atoms with Crippen LogP contribution in [0, 0.1) is 0 Å². The predicted octanol–water partition coefficient (Wildman–Crippen LogP) is 2.68. The first-order chi connectivity index (χ1) is 13.6. The molecule has 0 aliphatic heterocycles. The standard InChI is InChI=1S/C19H20N8O/c1-12(28)22-19-15(10-26(24-19)14-4-3-5-14)18-17-6-7-20-27(17)11-16(23-18)13-8-21-25(2)9-13/h6-11,14H,3-5H2,1-2H3,(H,22,24,28). The summed E-state index contributed by atoms with van der Waals surface area (Å²) >= 11 is 0. The van der Waals surface area contributed by atoms with Crippen molar-refractivity contribution in [3.8, 4) is 22.5 Å². The number of fused-ring (bicyclic) bond motifs is 1. The summed E-state index contributed by atoms with van der Waals surface area (Å²) < 4.78 is 5.49. The molecule has 0 saturated heterocycles. The summed E-state index contributed by atoms with van der Waals surface area (Å²) in [6.07, 6.45) is 12.7. The van der Waals surface area contributed by atoms with E-state index >= 15 is 0 Å². The third-order valence-corrected chi connectivity index (χ3v) is 5.12. The molecule has 0 bridgehead atoms. The molecule has 0 atom stereocenters. The van der Waals surface area contributed by atoms with E-state index in [0.29, 0.717) is 11.9 Å². The van der Waals surface area contributed by atoms with Crippen LogP contribution in [0.5, 0.6) is 0 Å². The summed E-state index contributed by atoms with van der Waals surface area (Å²) in [4.78, 5) is 16.6. The average Bonchev–Trinajstić information content (AvgIpc) is 3.31. The minimum absolute atomic E-state index is 0.159. The number of carbonyl (C=O) groups is 1. The van der Waals surface area contributed by atoms with Crippen molar-refractivity contribution in [1.29, 1.82) is 0 Å². The van der Waals surface area contributed by atoms with Crippen LogP contribution in [0.15, 0.2) is 37.1 Å². The number of rotatable bonds is 4. The fourth-order valence-corrected chi connectivity index (χ4v) is 3.48. The van der Waals surface area contributed by atoms with E-state index in [-0.39, 0.29) is 5.91 Å². The summed E-state index contributed by atoms with van der Waals surface area (Å²) in [6, 6.07) is 2.29. The summed E-state index contributed by atoms with van der Waals surface area (Å²) in [5, 5.41) is 16.1. The molecule has 9 heteroatoms. The van der Waals surface area contributed by atoms with Crippen molar-refractivity contribution in [1.82, 2.24) is 34.2 Å². The zero-order chi connectivity index (χ0) is 19.3. The fourth-order valence-electron chi connectivity index (χ4n) is 3.48. The van der Waals surface area contributed by atoms with Crippen LogP contribution in [0.1, 0.15) is 32.2 Å². The van der Waals surface area contributed by atoms with Crippen LogP contribution in [-0.2, 0) is 11.8 Å². The zero-order valence-electron chi connectivity index (χ0n) is 15.7. The van der Waals surface area contributed by atoms with Gasteiger partial charge in [0.15, 0.2) is 5.82 Å². The van der Waals surface area contributed by atoms with Gasteiger partial charge in [-0.15, -0.1) is 0 Å². The lowest BCUT2D eigenvalue weighted by Gasteiger charge is -2.25. The highest BCUT2D eigenvalue weighted by Gasteiger charge is 2.24. The van der Waals surface area contributed by atoms with Crippen molar-refractivity contribution < 1.29 is 4.79 Å². The number of hydrogen-bond donors (Lipinski definition) is 1. The molecule has 9 nitrogen and oxygen atoms in total. The second kappa shape index (κ2) is 6.29. The molecule has 0 spiro atoms. The monoisotopic (exact) mass is 376 g/mol. The predicted molar refractivity (Wildman–Crippen MR) is 104 cm³/mol. The molecule has 1 aliphatic rings. The number of nitrogens with one attached hydrogen (secondary N) is 1. The Morgan fingerprint density at radius 2 is 2.07 bits per heavy atom. The smallest absolute Gasteiger partial charge is 0.222 e. The minimum atomic E-state index is -0.159. The Labute approximate surface area is 161 Å². The van der Waals surface area contributed by atoms with Crippen LogP contribution in [0.2, 0.25) is 0 Å². The van der Waals surface area contributed by atoms with Crippen molar-refractivity contribution in [2.45, 2.75) is 32.2 Å². The van der Waals surface area contributed by atoms with Gasteiger partial charge in [0.05, 0.1) is 41.4 Å². The molecule has 4 aromatic rings. The largest absolute Gasteiger partial charge is 0.309 e. The Morgan fingerprint density at radius 1 is 1.21 bits per heavy atom. The summed E-state index contributed by atoms with van der Waals surface area (Å²) in [6.45, 7) is 1.49. The van der Waals surface area contributed by atoms with E-state index in [1.807, 2.05) is 36.4 Å². The van der Waals surface area contributed by atoms with Gasteiger partial charge in [0.1, 0.15) is 5.69 Å². The van der Waals surface area contributed by atoms with Gasteiger partial charge in [0.2, 0.25) is 5.91 Å². The Kier molecular flexibility index (Phi) is 3.75. The highest BCUT2D eigenvalue weighted by molar-refractivity contribution is 5.94. The molecule has 0 aromatic carbocycles. The second-order valence-electron chi connectivity index (χ2n) is 7.18. The molecule has 1 saturated carbocycles. The summed E-state index contributed by atoms with van der Waals surface area (Å²) in [5.74, 6) is 0.367. The number of anilines is 1. The quantitative estimate of drug-likeness (QED) is 0.591. The molecule has 1 fully saturated rings. The Balaban J connectivity index is 1.70. The molecule has 1 N–H and O–H groups in total. The number of carbonyl (C=O) groups excluding carboxylic acids is 1. The van der Waals surface area contributed by atoms with E-state index < -0.39 is 0 Å². The molecule has 142 valence electrons. The van der Waals surface area contributed by atoms with Gasteiger partial charge in [0, 0.05) is 31.9 Å². The first-order valence-corrected chi connectivity index (χ1v) is 9.29. The van der Waals surface area contributed by atoms with Crippen LogP contribution < -0.4 is 5.32 Å². The number of hydrogen-bond acceptors (Lipinski definition) is 5. The maximum Gasteiger partial charge on any atom is 0.222 e. The normalized spacial score (nSPS) is 14.4. The van der Waals surface area contributed by atoms with Gasteiger partial charge in [-0.1, -0.05) is 0 Å². The van der Waals surface area contributed by atoms with Gasteiger partial charge in [-0.05, 0) is 25.3 Å². The summed E-state index contributed by atoms with van der Waals surface area (Å²) in [5.41, 5.74) is 4.02. The van der Waals surface area contributed by atoms with Crippen LogP contribution in [0.3, 0.4) is 0 Å². The van der Waals surface area contributed by atoms with Crippen molar-refractivity contribution in [2.24, 2.45) is 7.05 Å². The molecule has 5 rings (SSSR count). The van der Waals surface area contributed by atoms with Gasteiger partial charge in [-0.25, -0.2) is 9.50 Å². The zero-order valence-corrected chi connectivity index (χ0v) is 15.7. The molecular formula is C19H20N8O. The molecule has 0 radical (unpaired) electrons. The molecule has 28 heavy (non-hydrogen) atoms. The maximum absolute atomic E-state index is 11.8. The van der Waals surface area contributed by atoms with Gasteiger partial charge in [-0.3, -0.25) is 14.2 Å². The van der Waals surface area contributed by atoms with Crippen molar-refractivity contribution in [3.63, 3.8) is 0 Å². The Hall–Kier alpha value is -3.49. The second-order valence-corrected chi connectivity index (χ2v) is 7.18. The molecule has 4 aromatic heterocycles. The van der Waals surface area contributed by atoms with Crippen LogP contribution in [0.4, 0.5) is 5.82 Å². The van der Waals surface area contributed by atoms with E-state index in [4.69, 9.17) is 4.98 Å². The first-order valence-electron chi connectivity index (χ1n) is 9.29. The Morgan fingerprint density at radius 3 is 2.75 bits per heavy atom. The highest BCUT2D eigenvalue weighted by atomic mass is 16.1. The first kappa shape index (κ1) is 16.7. The number of aromatic nitrogens is 7. The lowest BCUT2D eigenvalue weighted by atomic mass is 9.93. The van der Waals surface area contributed by atoms with Crippen molar-refractivity contribution in [2.75, 3.05) is 5.32 Å². The maximum atomic E-state index is 11.8. The number of amides is 1. The van der Waals surface area contributed by atoms with Crippen molar-refractivity contribution in [3.05, 3.63) is 37.1 Å². The van der Waals surface area contributed by atoms with E-state index in [1.165, 1.54) is 13.3 Å². The van der Waals surface area contributed by atoms with E-state index in [0.717, 1.165) is 40.9 Å². The number of nitrogens with zero attached hydrogens (tertiary/aromatic N) is 7. The third kappa shape index (κ3) is 2.75. The molecule has 4 heterocycles. The molecule has 1 aliphatic carbocycles. The lowest BCUT2D eigenvalue weighted by Crippen LogP contribution is -2.17. The van der Waals surface area contributed by atoms with Crippen LogP contribution in [0.25, 0.3) is 28.0 Å². The third-order valence-electron chi connectivity index (χ3n) is 5.12.